The maximum atomic E-state index is 12.2. The van der Waals surface area contributed by atoms with Gasteiger partial charge in [-0.15, -0.1) is 0 Å². The van der Waals surface area contributed by atoms with Crippen molar-refractivity contribution in [2.24, 2.45) is 5.73 Å². The van der Waals surface area contributed by atoms with E-state index in [1.54, 1.807) is 7.11 Å². The van der Waals surface area contributed by atoms with Crippen molar-refractivity contribution in [2.75, 3.05) is 20.2 Å². The summed E-state index contributed by atoms with van der Waals surface area (Å²) >= 11 is 0. The highest BCUT2D eigenvalue weighted by Crippen LogP contribution is 2.33. The van der Waals surface area contributed by atoms with Gasteiger partial charge in [0.2, 0.25) is 5.91 Å². The standard InChI is InChI=1S/C16H25N3O2/c1-11(17)14(12-6-5-7-13(10-12)21-4)19-9-8-18-15(20)16(19,2)3/h5-7,10-11,14H,8-9,17H2,1-4H3,(H,18,20). The molecular weight excluding hydrogens is 266 g/mol. The van der Waals surface area contributed by atoms with E-state index in [9.17, 15) is 4.79 Å². The van der Waals surface area contributed by atoms with Crippen LogP contribution in [0.25, 0.3) is 0 Å². The summed E-state index contributed by atoms with van der Waals surface area (Å²) in [7, 11) is 1.65. The van der Waals surface area contributed by atoms with E-state index in [-0.39, 0.29) is 18.0 Å². The van der Waals surface area contributed by atoms with Gasteiger partial charge in [0.15, 0.2) is 0 Å². The molecule has 21 heavy (non-hydrogen) atoms. The fraction of sp³-hybridized carbons (Fsp3) is 0.562. The summed E-state index contributed by atoms with van der Waals surface area (Å²) in [6, 6.07) is 7.79. The Bertz CT molecular complexity index is 514. The summed E-state index contributed by atoms with van der Waals surface area (Å²) in [6.07, 6.45) is 0. The van der Waals surface area contributed by atoms with Crippen LogP contribution in [0.3, 0.4) is 0 Å². The van der Waals surface area contributed by atoms with E-state index in [0.29, 0.717) is 6.54 Å². The van der Waals surface area contributed by atoms with Crippen LogP contribution in [0.15, 0.2) is 24.3 Å². The van der Waals surface area contributed by atoms with Crippen molar-refractivity contribution in [1.82, 2.24) is 10.2 Å². The van der Waals surface area contributed by atoms with Gasteiger partial charge in [0.1, 0.15) is 5.75 Å². The summed E-state index contributed by atoms with van der Waals surface area (Å²) in [5.41, 5.74) is 6.74. The summed E-state index contributed by atoms with van der Waals surface area (Å²) in [6.45, 7) is 7.29. The van der Waals surface area contributed by atoms with Crippen molar-refractivity contribution in [1.29, 1.82) is 0 Å². The van der Waals surface area contributed by atoms with Crippen LogP contribution < -0.4 is 15.8 Å². The van der Waals surface area contributed by atoms with E-state index in [2.05, 4.69) is 10.2 Å². The van der Waals surface area contributed by atoms with E-state index in [4.69, 9.17) is 10.5 Å². The molecule has 1 aliphatic rings. The molecule has 1 aromatic carbocycles. The first-order valence-electron chi connectivity index (χ1n) is 7.32. The van der Waals surface area contributed by atoms with Crippen molar-refractivity contribution >= 4 is 5.91 Å². The number of carbonyl (C=O) groups excluding carboxylic acids is 1. The molecule has 1 heterocycles. The molecule has 2 atom stereocenters. The Hall–Kier alpha value is -1.59. The van der Waals surface area contributed by atoms with Gasteiger partial charge in [0.05, 0.1) is 18.7 Å². The van der Waals surface area contributed by atoms with Gasteiger partial charge in [0.25, 0.3) is 0 Å². The molecule has 0 aliphatic carbocycles. The van der Waals surface area contributed by atoms with Gasteiger partial charge >= 0.3 is 0 Å². The molecule has 0 radical (unpaired) electrons. The number of nitrogens with zero attached hydrogens (tertiary/aromatic N) is 1. The van der Waals surface area contributed by atoms with Crippen LogP contribution in [-0.4, -0.2) is 42.6 Å². The minimum Gasteiger partial charge on any atom is -0.497 e. The zero-order valence-corrected chi connectivity index (χ0v) is 13.2. The Morgan fingerprint density at radius 1 is 1.43 bits per heavy atom. The third kappa shape index (κ3) is 3.04. The molecule has 1 amide bonds. The molecule has 2 rings (SSSR count). The highest BCUT2D eigenvalue weighted by molar-refractivity contribution is 5.86. The molecule has 5 nitrogen and oxygen atoms in total. The number of nitrogens with one attached hydrogen (secondary N) is 1. The van der Waals surface area contributed by atoms with E-state index < -0.39 is 5.54 Å². The van der Waals surface area contributed by atoms with Gasteiger partial charge in [-0.05, 0) is 38.5 Å². The molecule has 0 bridgehead atoms. The highest BCUT2D eigenvalue weighted by Gasteiger charge is 2.42. The largest absolute Gasteiger partial charge is 0.497 e. The number of hydrogen-bond donors (Lipinski definition) is 2. The normalized spacial score (nSPS) is 21.5. The van der Waals surface area contributed by atoms with Gasteiger partial charge < -0.3 is 15.8 Å². The molecule has 1 fully saturated rings. The second-order valence-corrected chi connectivity index (χ2v) is 6.09. The van der Waals surface area contributed by atoms with Crippen molar-refractivity contribution in [3.05, 3.63) is 29.8 Å². The average Bonchev–Trinajstić information content (AvgIpc) is 2.44. The van der Waals surface area contributed by atoms with E-state index in [1.807, 2.05) is 45.0 Å². The molecule has 5 heteroatoms. The van der Waals surface area contributed by atoms with Crippen molar-refractivity contribution in [3.8, 4) is 5.75 Å². The summed E-state index contributed by atoms with van der Waals surface area (Å²) < 4.78 is 5.31. The molecule has 2 unspecified atom stereocenters. The molecule has 3 N–H and O–H groups in total. The fourth-order valence-corrected chi connectivity index (χ4v) is 3.00. The second-order valence-electron chi connectivity index (χ2n) is 6.09. The van der Waals surface area contributed by atoms with Crippen LogP contribution in [0.2, 0.25) is 0 Å². The van der Waals surface area contributed by atoms with Gasteiger partial charge in [-0.25, -0.2) is 0 Å². The first-order chi connectivity index (χ1) is 9.87. The number of hydrogen-bond acceptors (Lipinski definition) is 4. The topological polar surface area (TPSA) is 67.6 Å². The van der Waals surface area contributed by atoms with Crippen LogP contribution in [0.5, 0.6) is 5.75 Å². The second kappa shape index (κ2) is 6.03. The minimum atomic E-state index is -0.584. The SMILES string of the molecule is COc1cccc(C(C(C)N)N2CCNC(=O)C2(C)C)c1. The third-order valence-electron chi connectivity index (χ3n) is 4.18. The monoisotopic (exact) mass is 291 g/mol. The number of piperazine rings is 1. The first kappa shape index (κ1) is 15.8. The first-order valence-corrected chi connectivity index (χ1v) is 7.32. The summed E-state index contributed by atoms with van der Waals surface area (Å²) in [5.74, 6) is 0.847. The zero-order chi connectivity index (χ0) is 15.6. The molecule has 1 saturated heterocycles. The molecule has 1 aromatic rings. The van der Waals surface area contributed by atoms with Crippen LogP contribution >= 0.6 is 0 Å². The number of rotatable bonds is 4. The zero-order valence-electron chi connectivity index (χ0n) is 13.2. The minimum absolute atomic E-state index is 0.0267. The number of carbonyl (C=O) groups is 1. The lowest BCUT2D eigenvalue weighted by molar-refractivity contribution is -0.137. The Balaban J connectivity index is 2.40. The maximum absolute atomic E-state index is 12.2. The lowest BCUT2D eigenvalue weighted by atomic mass is 9.90. The highest BCUT2D eigenvalue weighted by atomic mass is 16.5. The summed E-state index contributed by atoms with van der Waals surface area (Å²) in [5, 5.41) is 2.92. The van der Waals surface area contributed by atoms with Gasteiger partial charge in [0, 0.05) is 19.1 Å². The van der Waals surface area contributed by atoms with Crippen LogP contribution in [0.4, 0.5) is 0 Å². The molecule has 0 saturated carbocycles. The van der Waals surface area contributed by atoms with Gasteiger partial charge in [-0.3, -0.25) is 9.69 Å². The van der Waals surface area contributed by atoms with Crippen LogP contribution in [0, 0.1) is 0 Å². The number of ether oxygens (including phenoxy) is 1. The van der Waals surface area contributed by atoms with Gasteiger partial charge in [-0.2, -0.15) is 0 Å². The Kier molecular flexibility index (Phi) is 4.54. The molecule has 0 spiro atoms. The molecule has 116 valence electrons. The van der Waals surface area contributed by atoms with E-state index in [1.165, 1.54) is 0 Å². The Morgan fingerprint density at radius 2 is 2.14 bits per heavy atom. The number of methoxy groups -OCH3 is 1. The summed E-state index contributed by atoms with van der Waals surface area (Å²) in [4.78, 5) is 14.4. The molecule has 1 aliphatic heterocycles. The fourth-order valence-electron chi connectivity index (χ4n) is 3.00. The van der Waals surface area contributed by atoms with Gasteiger partial charge in [-0.1, -0.05) is 12.1 Å². The lowest BCUT2D eigenvalue weighted by Gasteiger charge is -2.47. The Morgan fingerprint density at radius 3 is 2.76 bits per heavy atom. The Labute approximate surface area is 126 Å². The van der Waals surface area contributed by atoms with Crippen molar-refractivity contribution in [2.45, 2.75) is 38.4 Å². The van der Waals surface area contributed by atoms with Crippen LogP contribution in [0.1, 0.15) is 32.4 Å². The maximum Gasteiger partial charge on any atom is 0.240 e. The predicted octanol–water partition coefficient (Wildman–Crippen LogP) is 1.29. The van der Waals surface area contributed by atoms with Crippen molar-refractivity contribution in [3.63, 3.8) is 0 Å². The molecular formula is C16H25N3O2. The predicted molar refractivity (Wildman–Crippen MR) is 83.2 cm³/mol. The van der Waals surface area contributed by atoms with E-state index in [0.717, 1.165) is 17.9 Å². The van der Waals surface area contributed by atoms with E-state index >= 15 is 0 Å². The lowest BCUT2D eigenvalue weighted by Crippen LogP contribution is -2.64. The van der Waals surface area contributed by atoms with Crippen LogP contribution in [-0.2, 0) is 4.79 Å². The smallest absolute Gasteiger partial charge is 0.240 e. The number of nitrogens with two attached hydrogens (primary N) is 1. The number of benzene rings is 1. The quantitative estimate of drug-likeness (QED) is 0.877. The average molecular weight is 291 g/mol. The molecule has 0 aromatic heterocycles. The number of amides is 1. The van der Waals surface area contributed by atoms with Crippen molar-refractivity contribution < 1.29 is 9.53 Å². The third-order valence-corrected chi connectivity index (χ3v) is 4.18.